The van der Waals surface area contributed by atoms with Crippen molar-refractivity contribution in [3.8, 4) is 0 Å². The summed E-state index contributed by atoms with van der Waals surface area (Å²) >= 11 is 0. The minimum absolute atomic E-state index is 0.0640. The van der Waals surface area contributed by atoms with Crippen LogP contribution in [0.2, 0.25) is 0 Å². The van der Waals surface area contributed by atoms with Crippen LogP contribution in [-0.4, -0.2) is 39.9 Å². The molecule has 1 N–H and O–H groups in total. The van der Waals surface area contributed by atoms with Crippen LogP contribution in [-0.2, 0) is 0 Å². The molecule has 1 amide bonds. The molecule has 27 heavy (non-hydrogen) atoms. The van der Waals surface area contributed by atoms with Crippen LogP contribution in [0.15, 0.2) is 48.8 Å². The summed E-state index contributed by atoms with van der Waals surface area (Å²) in [5.74, 6) is 0.0640. The van der Waals surface area contributed by atoms with Crippen molar-refractivity contribution in [2.24, 2.45) is 0 Å². The van der Waals surface area contributed by atoms with Crippen molar-refractivity contribution >= 4 is 22.6 Å². The Morgan fingerprint density at radius 2 is 1.85 bits per heavy atom. The van der Waals surface area contributed by atoms with E-state index in [2.05, 4.69) is 47.3 Å². The molecular weight excluding hydrogens is 336 g/mol. The maximum atomic E-state index is 13.0. The largest absolute Gasteiger partial charge is 0.381 e. The number of anilines is 1. The Balaban J connectivity index is 1.48. The molecule has 1 saturated heterocycles. The SMILES string of the molecule is Cc1ccc(N[C@H]2CCCN(C(=O)c3ccc4nccnc4c3)C2)cc1C. The second kappa shape index (κ2) is 7.35. The molecule has 2 heterocycles. The Kier molecular flexibility index (Phi) is 4.75. The Bertz CT molecular complexity index is 985. The van der Waals surface area contributed by atoms with Crippen molar-refractivity contribution in [2.45, 2.75) is 32.7 Å². The lowest BCUT2D eigenvalue weighted by molar-refractivity contribution is 0.0715. The zero-order chi connectivity index (χ0) is 18.8. The highest BCUT2D eigenvalue weighted by molar-refractivity contribution is 5.97. The fraction of sp³-hybridized carbons (Fsp3) is 0.318. The Labute approximate surface area is 159 Å². The van der Waals surface area contributed by atoms with Crippen LogP contribution in [0.1, 0.15) is 34.3 Å². The molecule has 0 saturated carbocycles. The van der Waals surface area contributed by atoms with E-state index >= 15 is 0 Å². The second-order valence-electron chi connectivity index (χ2n) is 7.29. The first-order chi connectivity index (χ1) is 13.1. The van der Waals surface area contributed by atoms with E-state index in [1.807, 2.05) is 23.1 Å². The number of piperidine rings is 1. The van der Waals surface area contributed by atoms with Gasteiger partial charge in [0.2, 0.25) is 0 Å². The predicted octanol–water partition coefficient (Wildman–Crippen LogP) is 3.96. The summed E-state index contributed by atoms with van der Waals surface area (Å²) < 4.78 is 0. The number of nitrogens with one attached hydrogen (secondary N) is 1. The first-order valence-electron chi connectivity index (χ1n) is 9.44. The van der Waals surface area contributed by atoms with E-state index in [1.54, 1.807) is 12.4 Å². The van der Waals surface area contributed by atoms with E-state index in [-0.39, 0.29) is 11.9 Å². The van der Waals surface area contributed by atoms with Crippen molar-refractivity contribution in [1.82, 2.24) is 14.9 Å². The zero-order valence-corrected chi connectivity index (χ0v) is 15.8. The number of carbonyl (C=O) groups excluding carboxylic acids is 1. The molecule has 0 radical (unpaired) electrons. The third-order valence-corrected chi connectivity index (χ3v) is 5.30. The maximum absolute atomic E-state index is 13.0. The summed E-state index contributed by atoms with van der Waals surface area (Å²) in [6, 6.07) is 12.3. The molecule has 1 aliphatic rings. The lowest BCUT2D eigenvalue weighted by atomic mass is 10.0. The molecule has 4 rings (SSSR count). The van der Waals surface area contributed by atoms with Crippen LogP contribution in [0, 0.1) is 13.8 Å². The highest BCUT2D eigenvalue weighted by Crippen LogP contribution is 2.21. The van der Waals surface area contributed by atoms with Gasteiger partial charge in [-0.05, 0) is 68.1 Å². The summed E-state index contributed by atoms with van der Waals surface area (Å²) in [7, 11) is 0. The number of benzene rings is 2. The van der Waals surface area contributed by atoms with Gasteiger partial charge in [-0.25, -0.2) is 0 Å². The van der Waals surface area contributed by atoms with Crippen molar-refractivity contribution in [3.05, 3.63) is 65.5 Å². The molecule has 5 heteroatoms. The second-order valence-corrected chi connectivity index (χ2v) is 7.29. The predicted molar refractivity (Wildman–Crippen MR) is 108 cm³/mol. The number of aryl methyl sites for hydroxylation is 2. The van der Waals surface area contributed by atoms with E-state index < -0.39 is 0 Å². The summed E-state index contributed by atoms with van der Waals surface area (Å²) in [4.78, 5) is 23.5. The highest BCUT2D eigenvalue weighted by atomic mass is 16.2. The average Bonchev–Trinajstić information content (AvgIpc) is 2.70. The van der Waals surface area contributed by atoms with Gasteiger partial charge in [0.25, 0.3) is 5.91 Å². The number of carbonyl (C=O) groups is 1. The molecule has 138 valence electrons. The van der Waals surface area contributed by atoms with Gasteiger partial charge in [0, 0.05) is 42.8 Å². The smallest absolute Gasteiger partial charge is 0.254 e. The minimum Gasteiger partial charge on any atom is -0.381 e. The van der Waals surface area contributed by atoms with Crippen LogP contribution in [0.4, 0.5) is 5.69 Å². The minimum atomic E-state index is 0.0640. The molecule has 0 bridgehead atoms. The monoisotopic (exact) mass is 360 g/mol. The van der Waals surface area contributed by atoms with Gasteiger partial charge in [-0.2, -0.15) is 0 Å². The summed E-state index contributed by atoms with van der Waals surface area (Å²) in [6.45, 7) is 5.75. The number of likely N-dealkylation sites (tertiary alicyclic amines) is 1. The first-order valence-corrected chi connectivity index (χ1v) is 9.44. The maximum Gasteiger partial charge on any atom is 0.254 e. The zero-order valence-electron chi connectivity index (χ0n) is 15.8. The highest BCUT2D eigenvalue weighted by Gasteiger charge is 2.24. The molecule has 1 aromatic heterocycles. The van der Waals surface area contributed by atoms with Crippen LogP contribution in [0.5, 0.6) is 0 Å². The van der Waals surface area contributed by atoms with E-state index in [0.29, 0.717) is 12.1 Å². The quantitative estimate of drug-likeness (QED) is 0.768. The van der Waals surface area contributed by atoms with Crippen LogP contribution in [0.25, 0.3) is 11.0 Å². The van der Waals surface area contributed by atoms with Gasteiger partial charge in [0.1, 0.15) is 0 Å². The van der Waals surface area contributed by atoms with Gasteiger partial charge in [-0.1, -0.05) is 6.07 Å². The Hall–Kier alpha value is -2.95. The van der Waals surface area contributed by atoms with Crippen LogP contribution < -0.4 is 5.32 Å². The van der Waals surface area contributed by atoms with Crippen molar-refractivity contribution in [3.63, 3.8) is 0 Å². The molecule has 0 aliphatic carbocycles. The topological polar surface area (TPSA) is 58.1 Å². The standard InChI is InChI=1S/C22H24N4O/c1-15-5-7-18(12-16(15)2)25-19-4-3-11-26(14-19)22(27)17-6-8-20-21(13-17)24-10-9-23-20/h5-10,12-13,19,25H,3-4,11,14H2,1-2H3/t19-/m0/s1. The molecule has 1 aliphatic heterocycles. The third-order valence-electron chi connectivity index (χ3n) is 5.30. The van der Waals surface area contributed by atoms with E-state index in [9.17, 15) is 4.79 Å². The van der Waals surface area contributed by atoms with Gasteiger partial charge in [-0.3, -0.25) is 14.8 Å². The number of hydrogen-bond acceptors (Lipinski definition) is 4. The lowest BCUT2D eigenvalue weighted by Crippen LogP contribution is -2.45. The summed E-state index contributed by atoms with van der Waals surface area (Å²) in [5, 5.41) is 3.60. The van der Waals surface area contributed by atoms with E-state index in [1.165, 1.54) is 11.1 Å². The summed E-state index contributed by atoms with van der Waals surface area (Å²) in [6.07, 6.45) is 5.39. The number of amides is 1. The van der Waals surface area contributed by atoms with Gasteiger partial charge in [-0.15, -0.1) is 0 Å². The van der Waals surface area contributed by atoms with Crippen molar-refractivity contribution < 1.29 is 4.79 Å². The molecule has 0 unspecified atom stereocenters. The van der Waals surface area contributed by atoms with Crippen molar-refractivity contribution in [2.75, 3.05) is 18.4 Å². The van der Waals surface area contributed by atoms with Gasteiger partial charge < -0.3 is 10.2 Å². The van der Waals surface area contributed by atoms with Crippen LogP contribution >= 0.6 is 0 Å². The van der Waals surface area contributed by atoms with Crippen molar-refractivity contribution in [1.29, 1.82) is 0 Å². The van der Waals surface area contributed by atoms with Gasteiger partial charge in [0.15, 0.2) is 0 Å². The number of rotatable bonds is 3. The normalized spacial score (nSPS) is 17.1. The Morgan fingerprint density at radius 3 is 2.67 bits per heavy atom. The molecule has 1 atom stereocenters. The fourth-order valence-electron chi connectivity index (χ4n) is 3.63. The number of fused-ring (bicyclic) bond motifs is 1. The summed E-state index contributed by atoms with van der Waals surface area (Å²) in [5.41, 5.74) is 5.93. The number of nitrogens with zero attached hydrogens (tertiary/aromatic N) is 3. The molecule has 3 aromatic rings. The van der Waals surface area contributed by atoms with E-state index in [4.69, 9.17) is 0 Å². The number of hydrogen-bond donors (Lipinski definition) is 1. The van der Waals surface area contributed by atoms with E-state index in [0.717, 1.165) is 36.1 Å². The number of aromatic nitrogens is 2. The molecule has 2 aromatic carbocycles. The van der Waals surface area contributed by atoms with Crippen LogP contribution in [0.3, 0.4) is 0 Å². The molecule has 0 spiro atoms. The third kappa shape index (κ3) is 3.77. The molecule has 5 nitrogen and oxygen atoms in total. The first kappa shape index (κ1) is 17.5. The Morgan fingerprint density at radius 1 is 1.04 bits per heavy atom. The van der Waals surface area contributed by atoms with Gasteiger partial charge in [0.05, 0.1) is 11.0 Å². The van der Waals surface area contributed by atoms with Gasteiger partial charge >= 0.3 is 0 Å². The molecular formula is C22H24N4O. The fourth-order valence-corrected chi connectivity index (χ4v) is 3.63. The lowest BCUT2D eigenvalue weighted by Gasteiger charge is -2.34. The molecule has 1 fully saturated rings. The average molecular weight is 360 g/mol.